The highest BCUT2D eigenvalue weighted by atomic mass is 16.6. The van der Waals surface area contributed by atoms with E-state index in [4.69, 9.17) is 14.2 Å². The van der Waals surface area contributed by atoms with Gasteiger partial charge in [-0.3, -0.25) is 9.59 Å². The van der Waals surface area contributed by atoms with E-state index in [1.165, 1.54) is 135 Å². The Morgan fingerprint density at radius 1 is 0.457 bits per heavy atom. The van der Waals surface area contributed by atoms with Crippen molar-refractivity contribution in [3.05, 3.63) is 12.2 Å². The fourth-order valence-electron chi connectivity index (χ4n) is 5.74. The lowest BCUT2D eigenvalue weighted by Gasteiger charge is -2.18. The van der Waals surface area contributed by atoms with Crippen LogP contribution in [0, 0.1) is 0 Å². The molecule has 0 aromatic carbocycles. The summed E-state index contributed by atoms with van der Waals surface area (Å²) in [6, 6.07) is 0. The predicted molar refractivity (Wildman–Crippen MR) is 196 cm³/mol. The number of allylic oxidation sites excluding steroid dienone is 2. The summed E-state index contributed by atoms with van der Waals surface area (Å²) in [6.45, 7) is 7.74. The van der Waals surface area contributed by atoms with Gasteiger partial charge in [-0.25, -0.2) is 0 Å². The first kappa shape index (κ1) is 44.6. The Morgan fingerprint density at radius 3 is 1.33 bits per heavy atom. The van der Waals surface area contributed by atoms with E-state index in [2.05, 4.69) is 32.9 Å². The topological polar surface area (TPSA) is 61.8 Å². The predicted octanol–water partition coefficient (Wildman–Crippen LogP) is 12.8. The maximum atomic E-state index is 12.5. The fraction of sp³-hybridized carbons (Fsp3) is 0.902. The zero-order chi connectivity index (χ0) is 33.6. The molecule has 0 aliphatic heterocycles. The highest BCUT2D eigenvalue weighted by Gasteiger charge is 2.17. The van der Waals surface area contributed by atoms with Gasteiger partial charge in [0.05, 0.1) is 6.61 Å². The molecule has 0 bridgehead atoms. The number of esters is 2. The third kappa shape index (κ3) is 35.5. The van der Waals surface area contributed by atoms with E-state index in [0.29, 0.717) is 19.4 Å². The quantitative estimate of drug-likeness (QED) is 0.0380. The largest absolute Gasteiger partial charge is 0.462 e. The molecule has 0 heterocycles. The van der Waals surface area contributed by atoms with Gasteiger partial charge >= 0.3 is 11.9 Å². The lowest BCUT2D eigenvalue weighted by atomic mass is 10.1. The SMILES string of the molecule is CCCCCCCC/C=C\CCCCCCCCOCC(COC(=O)CCCCCCCCCCC)OC(=O)CCCCCCC. The summed E-state index contributed by atoms with van der Waals surface area (Å²) in [7, 11) is 0. The standard InChI is InChI=1S/C41H78O5/c1-4-7-10-13-15-17-18-19-20-21-22-23-25-27-30-33-36-44-37-39(46-41(43)35-32-28-12-9-6-3)38-45-40(42)34-31-29-26-24-16-14-11-8-5-2/h19-20,39H,4-18,21-38H2,1-3H3/b20-19-. The van der Waals surface area contributed by atoms with Crippen LogP contribution in [0.15, 0.2) is 12.2 Å². The van der Waals surface area contributed by atoms with E-state index in [1.807, 2.05) is 0 Å². The van der Waals surface area contributed by atoms with E-state index in [1.54, 1.807) is 0 Å². The number of carbonyl (C=O) groups is 2. The third-order valence-corrected chi connectivity index (χ3v) is 8.80. The minimum atomic E-state index is -0.524. The first-order chi connectivity index (χ1) is 22.6. The zero-order valence-electron chi connectivity index (χ0n) is 31.1. The van der Waals surface area contributed by atoms with Crippen LogP contribution >= 0.6 is 0 Å². The summed E-state index contributed by atoms with van der Waals surface area (Å²) < 4.78 is 17.1. The van der Waals surface area contributed by atoms with Crippen LogP contribution in [-0.4, -0.2) is 37.9 Å². The van der Waals surface area contributed by atoms with Crippen LogP contribution in [0.4, 0.5) is 0 Å². The molecule has 0 aromatic rings. The van der Waals surface area contributed by atoms with E-state index < -0.39 is 6.10 Å². The van der Waals surface area contributed by atoms with Crippen LogP contribution in [0.3, 0.4) is 0 Å². The second-order valence-electron chi connectivity index (χ2n) is 13.6. The molecule has 0 fully saturated rings. The van der Waals surface area contributed by atoms with Gasteiger partial charge in [0.1, 0.15) is 6.61 Å². The van der Waals surface area contributed by atoms with E-state index in [0.717, 1.165) is 44.9 Å². The van der Waals surface area contributed by atoms with Crippen molar-refractivity contribution in [2.75, 3.05) is 19.8 Å². The van der Waals surface area contributed by atoms with Gasteiger partial charge < -0.3 is 14.2 Å². The van der Waals surface area contributed by atoms with E-state index >= 15 is 0 Å². The van der Waals surface area contributed by atoms with Crippen molar-refractivity contribution in [1.29, 1.82) is 0 Å². The molecule has 0 aliphatic carbocycles. The number of hydrogen-bond donors (Lipinski definition) is 0. The smallest absolute Gasteiger partial charge is 0.306 e. The molecule has 272 valence electrons. The number of hydrogen-bond acceptors (Lipinski definition) is 5. The van der Waals surface area contributed by atoms with Gasteiger partial charge in [0.15, 0.2) is 6.10 Å². The Balaban J connectivity index is 4.05. The maximum absolute atomic E-state index is 12.5. The van der Waals surface area contributed by atoms with Crippen LogP contribution < -0.4 is 0 Å². The van der Waals surface area contributed by atoms with Crippen LogP contribution in [0.2, 0.25) is 0 Å². The Bertz CT molecular complexity index is 661. The molecular formula is C41H78O5. The molecule has 0 N–H and O–H groups in total. The van der Waals surface area contributed by atoms with Crippen molar-refractivity contribution in [1.82, 2.24) is 0 Å². The molecule has 0 amide bonds. The molecule has 46 heavy (non-hydrogen) atoms. The fourth-order valence-corrected chi connectivity index (χ4v) is 5.74. The first-order valence-electron chi connectivity index (χ1n) is 20.2. The Labute approximate surface area is 286 Å². The second-order valence-corrected chi connectivity index (χ2v) is 13.6. The molecule has 0 spiro atoms. The molecule has 1 atom stereocenters. The molecule has 0 saturated carbocycles. The monoisotopic (exact) mass is 651 g/mol. The Morgan fingerprint density at radius 2 is 0.848 bits per heavy atom. The molecular weight excluding hydrogens is 572 g/mol. The summed E-state index contributed by atoms with van der Waals surface area (Å²) in [5.41, 5.74) is 0. The highest BCUT2D eigenvalue weighted by Crippen LogP contribution is 2.13. The van der Waals surface area contributed by atoms with Crippen LogP contribution in [-0.2, 0) is 23.8 Å². The zero-order valence-corrected chi connectivity index (χ0v) is 31.1. The van der Waals surface area contributed by atoms with Crippen molar-refractivity contribution in [3.63, 3.8) is 0 Å². The number of unbranched alkanes of at least 4 members (excludes halogenated alkanes) is 24. The highest BCUT2D eigenvalue weighted by molar-refractivity contribution is 5.70. The maximum Gasteiger partial charge on any atom is 0.306 e. The molecule has 0 radical (unpaired) electrons. The van der Waals surface area contributed by atoms with Gasteiger partial charge in [-0.1, -0.05) is 168 Å². The van der Waals surface area contributed by atoms with Crippen LogP contribution in [0.5, 0.6) is 0 Å². The molecule has 1 unspecified atom stereocenters. The molecule has 0 saturated heterocycles. The van der Waals surface area contributed by atoms with Crippen molar-refractivity contribution in [2.45, 2.75) is 219 Å². The van der Waals surface area contributed by atoms with Gasteiger partial charge in [0.25, 0.3) is 0 Å². The molecule has 5 heteroatoms. The van der Waals surface area contributed by atoms with Crippen LogP contribution in [0.25, 0.3) is 0 Å². The first-order valence-corrected chi connectivity index (χ1v) is 20.2. The molecule has 0 aromatic heterocycles. The van der Waals surface area contributed by atoms with Gasteiger partial charge in [0.2, 0.25) is 0 Å². The van der Waals surface area contributed by atoms with Crippen molar-refractivity contribution >= 4 is 11.9 Å². The average Bonchev–Trinajstić information content (AvgIpc) is 3.05. The number of rotatable bonds is 37. The van der Waals surface area contributed by atoms with Gasteiger partial charge in [-0.15, -0.1) is 0 Å². The van der Waals surface area contributed by atoms with Crippen LogP contribution in [0.1, 0.15) is 213 Å². The van der Waals surface area contributed by atoms with Crippen molar-refractivity contribution in [2.24, 2.45) is 0 Å². The average molecular weight is 651 g/mol. The normalized spacial score (nSPS) is 12.2. The lowest BCUT2D eigenvalue weighted by molar-refractivity contribution is -0.163. The van der Waals surface area contributed by atoms with Crippen molar-refractivity contribution in [3.8, 4) is 0 Å². The van der Waals surface area contributed by atoms with E-state index in [-0.39, 0.29) is 25.2 Å². The third-order valence-electron chi connectivity index (χ3n) is 8.80. The van der Waals surface area contributed by atoms with Gasteiger partial charge in [-0.05, 0) is 44.9 Å². The summed E-state index contributed by atoms with van der Waals surface area (Å²) in [5, 5.41) is 0. The second kappa shape index (κ2) is 38.1. The Hall–Kier alpha value is -1.36. The minimum Gasteiger partial charge on any atom is -0.462 e. The van der Waals surface area contributed by atoms with Crippen molar-refractivity contribution < 1.29 is 23.8 Å². The number of ether oxygens (including phenoxy) is 3. The lowest BCUT2D eigenvalue weighted by Crippen LogP contribution is -2.30. The Kier molecular flexibility index (Phi) is 37.0. The summed E-state index contributed by atoms with van der Waals surface area (Å²) >= 11 is 0. The minimum absolute atomic E-state index is 0.0885. The molecule has 0 rings (SSSR count). The number of carbonyl (C=O) groups excluding carboxylic acids is 2. The summed E-state index contributed by atoms with van der Waals surface area (Å²) in [5.74, 6) is -0.408. The van der Waals surface area contributed by atoms with Gasteiger partial charge in [-0.2, -0.15) is 0 Å². The molecule has 5 nitrogen and oxygen atoms in total. The molecule has 0 aliphatic rings. The summed E-state index contributed by atoms with van der Waals surface area (Å²) in [6.07, 6.45) is 39.4. The summed E-state index contributed by atoms with van der Waals surface area (Å²) in [4.78, 5) is 24.8. The van der Waals surface area contributed by atoms with E-state index in [9.17, 15) is 9.59 Å². The van der Waals surface area contributed by atoms with Gasteiger partial charge in [0, 0.05) is 19.4 Å².